The standard InChI is InChI=1S/C6H10FN3O2S/c1-4(2)10-3-5(7)6(9-10)13(8,11)12/h3-4H,1-2H3,(H2,8,11,12). The highest BCUT2D eigenvalue weighted by atomic mass is 32.2. The lowest BCUT2D eigenvalue weighted by molar-refractivity contribution is 0.516. The highest BCUT2D eigenvalue weighted by Gasteiger charge is 2.19. The minimum absolute atomic E-state index is 0.106. The van der Waals surface area contributed by atoms with E-state index in [0.29, 0.717) is 0 Å². The highest BCUT2D eigenvalue weighted by Crippen LogP contribution is 2.12. The highest BCUT2D eigenvalue weighted by molar-refractivity contribution is 7.89. The van der Waals surface area contributed by atoms with Crippen LogP contribution in [0.1, 0.15) is 19.9 Å². The molecular weight excluding hydrogens is 197 g/mol. The molecule has 0 amide bonds. The normalized spacial score (nSPS) is 12.4. The average molecular weight is 207 g/mol. The summed E-state index contributed by atoms with van der Waals surface area (Å²) in [7, 11) is -4.05. The minimum Gasteiger partial charge on any atom is -0.266 e. The van der Waals surface area contributed by atoms with Crippen molar-refractivity contribution >= 4 is 10.0 Å². The fourth-order valence-electron chi connectivity index (χ4n) is 0.810. The first-order valence-electron chi connectivity index (χ1n) is 3.60. The van der Waals surface area contributed by atoms with Crippen LogP contribution < -0.4 is 5.14 Å². The van der Waals surface area contributed by atoms with Crippen molar-refractivity contribution in [3.8, 4) is 0 Å². The second-order valence-corrected chi connectivity index (χ2v) is 4.38. The molecule has 0 aliphatic carbocycles. The van der Waals surface area contributed by atoms with Crippen LogP contribution in [0.2, 0.25) is 0 Å². The van der Waals surface area contributed by atoms with Crippen LogP contribution >= 0.6 is 0 Å². The molecule has 0 aromatic carbocycles. The molecule has 0 unspecified atom stereocenters. The van der Waals surface area contributed by atoms with Crippen LogP contribution in [0.15, 0.2) is 11.2 Å². The second kappa shape index (κ2) is 3.08. The largest absolute Gasteiger partial charge is 0.266 e. The molecule has 1 rings (SSSR count). The molecule has 74 valence electrons. The Balaban J connectivity index is 3.27. The number of nitrogens with zero attached hydrogens (tertiary/aromatic N) is 2. The topological polar surface area (TPSA) is 78.0 Å². The lowest BCUT2D eigenvalue weighted by Crippen LogP contribution is -2.15. The van der Waals surface area contributed by atoms with Crippen LogP contribution in [0, 0.1) is 5.82 Å². The Morgan fingerprint density at radius 1 is 1.62 bits per heavy atom. The maximum Gasteiger partial charge on any atom is 0.260 e. The van der Waals surface area contributed by atoms with Crippen LogP contribution in [0.3, 0.4) is 0 Å². The fourth-order valence-corrected chi connectivity index (χ4v) is 1.34. The summed E-state index contributed by atoms with van der Waals surface area (Å²) in [5.74, 6) is -0.920. The van der Waals surface area contributed by atoms with Gasteiger partial charge in [-0.25, -0.2) is 17.9 Å². The van der Waals surface area contributed by atoms with E-state index in [1.807, 2.05) is 0 Å². The zero-order chi connectivity index (χ0) is 10.2. The molecule has 0 saturated carbocycles. The maximum absolute atomic E-state index is 12.9. The number of rotatable bonds is 2. The number of hydrogen-bond acceptors (Lipinski definition) is 3. The smallest absolute Gasteiger partial charge is 0.260 e. The molecule has 0 bridgehead atoms. The molecule has 0 atom stereocenters. The molecule has 0 fully saturated rings. The van der Waals surface area contributed by atoms with Crippen LogP contribution in [-0.4, -0.2) is 18.2 Å². The van der Waals surface area contributed by atoms with Crippen molar-refractivity contribution in [2.24, 2.45) is 5.14 Å². The maximum atomic E-state index is 12.9. The number of sulfonamides is 1. The first-order chi connectivity index (χ1) is 5.82. The molecule has 1 heterocycles. The predicted octanol–water partition coefficient (Wildman–Crippen LogP) is 0.251. The first-order valence-corrected chi connectivity index (χ1v) is 5.14. The molecule has 5 nitrogen and oxygen atoms in total. The van der Waals surface area contributed by atoms with Gasteiger partial charge in [-0.1, -0.05) is 0 Å². The number of nitrogens with two attached hydrogens (primary N) is 1. The van der Waals surface area contributed by atoms with Gasteiger partial charge in [0.2, 0.25) is 5.03 Å². The Morgan fingerprint density at radius 2 is 2.15 bits per heavy atom. The van der Waals surface area contributed by atoms with Gasteiger partial charge >= 0.3 is 0 Å². The lowest BCUT2D eigenvalue weighted by Gasteiger charge is -2.02. The first kappa shape index (κ1) is 10.1. The molecule has 1 aromatic heterocycles. The summed E-state index contributed by atoms with van der Waals surface area (Å²) in [6, 6.07) is -0.106. The summed E-state index contributed by atoms with van der Waals surface area (Å²) in [6.07, 6.45) is 1.00. The number of primary sulfonamides is 1. The molecule has 0 radical (unpaired) electrons. The quantitative estimate of drug-likeness (QED) is 0.755. The van der Waals surface area contributed by atoms with E-state index in [9.17, 15) is 12.8 Å². The van der Waals surface area contributed by atoms with Gasteiger partial charge in [0, 0.05) is 6.04 Å². The molecule has 0 saturated heterocycles. The SMILES string of the molecule is CC(C)n1cc(F)c(S(N)(=O)=O)n1. The van der Waals surface area contributed by atoms with E-state index in [2.05, 4.69) is 5.10 Å². The molecule has 1 aromatic rings. The minimum atomic E-state index is -4.05. The third-order valence-electron chi connectivity index (χ3n) is 1.45. The summed E-state index contributed by atoms with van der Waals surface area (Å²) in [5, 5.41) is 7.53. The van der Waals surface area contributed by atoms with Gasteiger partial charge in [0.25, 0.3) is 10.0 Å². The van der Waals surface area contributed by atoms with Crippen molar-refractivity contribution in [2.45, 2.75) is 24.9 Å². The van der Waals surface area contributed by atoms with E-state index >= 15 is 0 Å². The Morgan fingerprint density at radius 3 is 2.38 bits per heavy atom. The van der Waals surface area contributed by atoms with Crippen LogP contribution in [0.5, 0.6) is 0 Å². The van der Waals surface area contributed by atoms with E-state index in [1.54, 1.807) is 13.8 Å². The zero-order valence-electron chi connectivity index (χ0n) is 7.23. The average Bonchev–Trinajstić information content (AvgIpc) is 2.29. The van der Waals surface area contributed by atoms with Crippen molar-refractivity contribution in [1.29, 1.82) is 0 Å². The molecule has 7 heteroatoms. The summed E-state index contributed by atoms with van der Waals surface area (Å²) >= 11 is 0. The molecule has 0 spiro atoms. The van der Waals surface area contributed by atoms with Gasteiger partial charge in [-0.15, -0.1) is 0 Å². The van der Waals surface area contributed by atoms with Gasteiger partial charge in [-0.05, 0) is 13.8 Å². The lowest BCUT2D eigenvalue weighted by atomic mass is 10.4. The zero-order valence-corrected chi connectivity index (χ0v) is 8.05. The van der Waals surface area contributed by atoms with Gasteiger partial charge in [-0.3, -0.25) is 4.68 Å². The number of aromatic nitrogens is 2. The van der Waals surface area contributed by atoms with Crippen molar-refractivity contribution in [1.82, 2.24) is 9.78 Å². The van der Waals surface area contributed by atoms with Gasteiger partial charge in [-0.2, -0.15) is 5.10 Å². The molecular formula is C6H10FN3O2S. The third-order valence-corrected chi connectivity index (χ3v) is 2.27. The Hall–Kier alpha value is -0.950. The van der Waals surface area contributed by atoms with E-state index < -0.39 is 20.9 Å². The van der Waals surface area contributed by atoms with Crippen molar-refractivity contribution in [2.75, 3.05) is 0 Å². The monoisotopic (exact) mass is 207 g/mol. The Kier molecular flexibility index (Phi) is 2.40. The van der Waals surface area contributed by atoms with Gasteiger partial charge < -0.3 is 0 Å². The Labute approximate surface area is 75.4 Å². The van der Waals surface area contributed by atoms with Crippen LogP contribution in [0.4, 0.5) is 4.39 Å². The second-order valence-electron chi connectivity index (χ2n) is 2.90. The van der Waals surface area contributed by atoms with Gasteiger partial charge in [0.15, 0.2) is 5.82 Å². The predicted molar refractivity (Wildman–Crippen MR) is 43.9 cm³/mol. The summed E-state index contributed by atoms with van der Waals surface area (Å²) in [5.41, 5.74) is 0. The third kappa shape index (κ3) is 2.04. The summed E-state index contributed by atoms with van der Waals surface area (Å²) in [4.78, 5) is 0. The van der Waals surface area contributed by atoms with E-state index in [0.717, 1.165) is 6.20 Å². The van der Waals surface area contributed by atoms with Crippen molar-refractivity contribution < 1.29 is 12.8 Å². The molecule has 13 heavy (non-hydrogen) atoms. The van der Waals surface area contributed by atoms with Gasteiger partial charge in [0.1, 0.15) is 0 Å². The van der Waals surface area contributed by atoms with Crippen LogP contribution in [-0.2, 0) is 10.0 Å². The van der Waals surface area contributed by atoms with E-state index in [-0.39, 0.29) is 6.04 Å². The molecule has 2 N–H and O–H groups in total. The summed E-state index contributed by atoms with van der Waals surface area (Å²) in [6.45, 7) is 3.50. The van der Waals surface area contributed by atoms with Gasteiger partial charge in [0.05, 0.1) is 6.20 Å². The Bertz CT molecular complexity index is 410. The molecule has 0 aliphatic rings. The van der Waals surface area contributed by atoms with E-state index in [4.69, 9.17) is 5.14 Å². The van der Waals surface area contributed by atoms with Crippen molar-refractivity contribution in [3.05, 3.63) is 12.0 Å². The van der Waals surface area contributed by atoms with Crippen LogP contribution in [0.25, 0.3) is 0 Å². The fraction of sp³-hybridized carbons (Fsp3) is 0.500. The van der Waals surface area contributed by atoms with Crippen molar-refractivity contribution in [3.63, 3.8) is 0 Å². The number of hydrogen-bond donors (Lipinski definition) is 1. The summed E-state index contributed by atoms with van der Waals surface area (Å²) < 4.78 is 35.6. The number of halogens is 1. The molecule has 0 aliphatic heterocycles. The van der Waals surface area contributed by atoms with E-state index in [1.165, 1.54) is 4.68 Å².